The molecule has 0 aliphatic heterocycles. The van der Waals surface area contributed by atoms with E-state index in [2.05, 4.69) is 4.98 Å². The van der Waals surface area contributed by atoms with E-state index < -0.39 is 6.10 Å². The van der Waals surface area contributed by atoms with Crippen LogP contribution in [0.25, 0.3) is 0 Å². The van der Waals surface area contributed by atoms with E-state index in [9.17, 15) is 5.11 Å². The van der Waals surface area contributed by atoms with Crippen molar-refractivity contribution in [1.82, 2.24) is 4.98 Å². The van der Waals surface area contributed by atoms with E-state index in [1.807, 2.05) is 13.8 Å². The summed E-state index contributed by atoms with van der Waals surface area (Å²) < 4.78 is 0. The lowest BCUT2D eigenvalue weighted by Gasteiger charge is -2.18. The van der Waals surface area contributed by atoms with Gasteiger partial charge in [0.1, 0.15) is 5.82 Å². The molecular formula is C10H15ClN2O. The minimum atomic E-state index is -0.591. The van der Waals surface area contributed by atoms with Gasteiger partial charge in [-0.2, -0.15) is 0 Å². The number of nitrogen functional groups attached to an aromatic ring is 1. The number of anilines is 1. The molecule has 2 unspecified atom stereocenters. The third kappa shape index (κ3) is 2.36. The first-order chi connectivity index (χ1) is 6.56. The second-order valence-corrected chi connectivity index (χ2v) is 3.89. The first kappa shape index (κ1) is 11.3. The Kier molecular flexibility index (Phi) is 3.72. The van der Waals surface area contributed by atoms with Crippen LogP contribution in [0.15, 0.2) is 12.3 Å². The quantitative estimate of drug-likeness (QED) is 0.813. The summed E-state index contributed by atoms with van der Waals surface area (Å²) in [6.07, 6.45) is 1.77. The number of rotatable bonds is 3. The van der Waals surface area contributed by atoms with Crippen LogP contribution in [0.3, 0.4) is 0 Å². The zero-order valence-electron chi connectivity index (χ0n) is 8.37. The Labute approximate surface area is 88.9 Å². The number of aromatic nitrogens is 1. The van der Waals surface area contributed by atoms with Crippen LogP contribution in [0.4, 0.5) is 5.82 Å². The van der Waals surface area contributed by atoms with Crippen LogP contribution in [-0.4, -0.2) is 10.1 Å². The van der Waals surface area contributed by atoms with Crippen molar-refractivity contribution in [3.8, 4) is 0 Å². The Hall–Kier alpha value is -0.800. The Balaban J connectivity index is 2.99. The molecule has 1 rings (SSSR count). The van der Waals surface area contributed by atoms with Gasteiger partial charge in [0.25, 0.3) is 0 Å². The Morgan fingerprint density at radius 2 is 2.29 bits per heavy atom. The third-order valence-corrected chi connectivity index (χ3v) is 2.62. The molecule has 0 fully saturated rings. The molecule has 3 nitrogen and oxygen atoms in total. The summed E-state index contributed by atoms with van der Waals surface area (Å²) in [6.45, 7) is 3.98. The lowest BCUT2D eigenvalue weighted by atomic mass is 9.96. The monoisotopic (exact) mass is 214 g/mol. The molecule has 0 amide bonds. The minimum absolute atomic E-state index is 0.151. The fraction of sp³-hybridized carbons (Fsp3) is 0.500. The predicted molar refractivity (Wildman–Crippen MR) is 58.1 cm³/mol. The van der Waals surface area contributed by atoms with Gasteiger partial charge in [-0.25, -0.2) is 4.98 Å². The van der Waals surface area contributed by atoms with Crippen LogP contribution in [0.2, 0.25) is 5.02 Å². The van der Waals surface area contributed by atoms with Gasteiger partial charge in [0.15, 0.2) is 0 Å². The van der Waals surface area contributed by atoms with E-state index in [0.717, 1.165) is 6.42 Å². The molecule has 0 aliphatic carbocycles. The highest BCUT2D eigenvalue weighted by atomic mass is 35.5. The van der Waals surface area contributed by atoms with Gasteiger partial charge >= 0.3 is 0 Å². The van der Waals surface area contributed by atoms with E-state index in [1.165, 1.54) is 6.20 Å². The van der Waals surface area contributed by atoms with Gasteiger partial charge in [-0.3, -0.25) is 0 Å². The number of pyridine rings is 1. The molecule has 0 radical (unpaired) electrons. The first-order valence-electron chi connectivity index (χ1n) is 4.65. The van der Waals surface area contributed by atoms with Gasteiger partial charge in [0, 0.05) is 11.8 Å². The lowest BCUT2D eigenvalue weighted by Crippen LogP contribution is -2.11. The largest absolute Gasteiger partial charge is 0.388 e. The van der Waals surface area contributed by atoms with E-state index in [0.29, 0.717) is 16.4 Å². The number of aliphatic hydroxyl groups is 1. The van der Waals surface area contributed by atoms with Crippen molar-refractivity contribution in [3.63, 3.8) is 0 Å². The fourth-order valence-corrected chi connectivity index (χ4v) is 1.40. The molecule has 3 N–H and O–H groups in total. The molecule has 0 spiro atoms. The van der Waals surface area contributed by atoms with Crippen molar-refractivity contribution < 1.29 is 5.11 Å². The first-order valence-corrected chi connectivity index (χ1v) is 5.03. The van der Waals surface area contributed by atoms with Gasteiger partial charge in [0.05, 0.1) is 11.1 Å². The highest BCUT2D eigenvalue weighted by Crippen LogP contribution is 2.28. The number of nitrogens with zero attached hydrogens (tertiary/aromatic N) is 1. The molecule has 1 aromatic heterocycles. The van der Waals surface area contributed by atoms with Crippen molar-refractivity contribution in [3.05, 3.63) is 22.8 Å². The Bertz CT molecular complexity index is 317. The lowest BCUT2D eigenvalue weighted by molar-refractivity contribution is 0.116. The summed E-state index contributed by atoms with van der Waals surface area (Å²) in [5.41, 5.74) is 6.27. The van der Waals surface area contributed by atoms with E-state index in [1.54, 1.807) is 6.07 Å². The summed E-state index contributed by atoms with van der Waals surface area (Å²) in [5, 5.41) is 10.4. The van der Waals surface area contributed by atoms with E-state index in [4.69, 9.17) is 17.3 Å². The maximum atomic E-state index is 9.92. The third-order valence-electron chi connectivity index (χ3n) is 2.42. The summed E-state index contributed by atoms with van der Waals surface area (Å²) in [6, 6.07) is 1.67. The van der Waals surface area contributed by atoms with Crippen LogP contribution in [-0.2, 0) is 0 Å². The van der Waals surface area contributed by atoms with E-state index in [-0.39, 0.29) is 5.92 Å². The second kappa shape index (κ2) is 4.62. The number of nitrogens with two attached hydrogens (primary N) is 1. The molecule has 0 aromatic carbocycles. The molecule has 0 saturated carbocycles. The zero-order chi connectivity index (χ0) is 10.7. The maximum Gasteiger partial charge on any atom is 0.129 e. The molecule has 14 heavy (non-hydrogen) atoms. The van der Waals surface area contributed by atoms with Gasteiger partial charge < -0.3 is 10.8 Å². The highest BCUT2D eigenvalue weighted by molar-refractivity contribution is 6.30. The number of hydrogen-bond acceptors (Lipinski definition) is 3. The van der Waals surface area contributed by atoms with Crippen LogP contribution in [0, 0.1) is 5.92 Å². The summed E-state index contributed by atoms with van der Waals surface area (Å²) in [4.78, 5) is 3.90. The predicted octanol–water partition coefficient (Wildman–Crippen LogP) is 2.40. The molecule has 1 heterocycles. The fourth-order valence-electron chi connectivity index (χ4n) is 1.23. The van der Waals surface area contributed by atoms with Crippen molar-refractivity contribution in [2.45, 2.75) is 26.4 Å². The van der Waals surface area contributed by atoms with Crippen LogP contribution in [0.1, 0.15) is 31.9 Å². The van der Waals surface area contributed by atoms with Gasteiger partial charge in [-0.15, -0.1) is 0 Å². The smallest absolute Gasteiger partial charge is 0.129 e. The topological polar surface area (TPSA) is 59.1 Å². The summed E-state index contributed by atoms with van der Waals surface area (Å²) in [5.74, 6) is 0.500. The number of hydrogen-bond donors (Lipinski definition) is 2. The zero-order valence-corrected chi connectivity index (χ0v) is 9.12. The summed E-state index contributed by atoms with van der Waals surface area (Å²) >= 11 is 5.78. The maximum absolute atomic E-state index is 9.92. The molecule has 1 aromatic rings. The molecule has 0 saturated heterocycles. The van der Waals surface area contributed by atoms with Gasteiger partial charge in [-0.1, -0.05) is 31.9 Å². The Morgan fingerprint density at radius 1 is 1.64 bits per heavy atom. The SMILES string of the molecule is CCC(C)C(O)c1cc(Cl)cnc1N. The van der Waals surface area contributed by atoms with Gasteiger partial charge in [0.2, 0.25) is 0 Å². The van der Waals surface area contributed by atoms with E-state index >= 15 is 0 Å². The molecule has 4 heteroatoms. The number of aliphatic hydroxyl groups excluding tert-OH is 1. The molecule has 0 aliphatic rings. The average Bonchev–Trinajstić information content (AvgIpc) is 2.19. The molecule has 0 bridgehead atoms. The minimum Gasteiger partial charge on any atom is -0.388 e. The Morgan fingerprint density at radius 3 is 2.86 bits per heavy atom. The van der Waals surface area contributed by atoms with Crippen LogP contribution >= 0.6 is 11.6 Å². The average molecular weight is 215 g/mol. The normalized spacial score (nSPS) is 15.1. The van der Waals surface area contributed by atoms with Crippen molar-refractivity contribution in [1.29, 1.82) is 0 Å². The number of halogens is 1. The standard InChI is InChI=1S/C10H15ClN2O/c1-3-6(2)9(14)8-4-7(11)5-13-10(8)12/h4-6,9,14H,3H2,1-2H3,(H2,12,13). The van der Waals surface area contributed by atoms with Crippen LogP contribution < -0.4 is 5.73 Å². The van der Waals surface area contributed by atoms with Crippen LogP contribution in [0.5, 0.6) is 0 Å². The summed E-state index contributed by atoms with van der Waals surface area (Å²) in [7, 11) is 0. The molecular weight excluding hydrogens is 200 g/mol. The molecule has 78 valence electrons. The van der Waals surface area contributed by atoms with Crippen molar-refractivity contribution in [2.24, 2.45) is 5.92 Å². The van der Waals surface area contributed by atoms with Crippen molar-refractivity contribution >= 4 is 17.4 Å². The van der Waals surface area contributed by atoms with Crippen molar-refractivity contribution in [2.75, 3.05) is 5.73 Å². The highest BCUT2D eigenvalue weighted by Gasteiger charge is 2.18. The van der Waals surface area contributed by atoms with Gasteiger partial charge in [-0.05, 0) is 12.0 Å². The second-order valence-electron chi connectivity index (χ2n) is 3.46. The molecule has 2 atom stereocenters.